The van der Waals surface area contributed by atoms with Gasteiger partial charge in [-0.05, 0) is 13.8 Å². The summed E-state index contributed by atoms with van der Waals surface area (Å²) >= 11 is 1.43. The number of hydrogen-bond acceptors (Lipinski definition) is 6. The fourth-order valence-corrected chi connectivity index (χ4v) is 2.44. The van der Waals surface area contributed by atoms with E-state index < -0.39 is 0 Å². The highest BCUT2D eigenvalue weighted by Crippen LogP contribution is 2.20. The third kappa shape index (κ3) is 2.69. The highest BCUT2D eigenvalue weighted by Gasteiger charge is 2.21. The number of morpholine rings is 1. The Bertz CT molecular complexity index is 330. The van der Waals surface area contributed by atoms with Crippen LogP contribution in [-0.2, 0) is 11.3 Å². The minimum absolute atomic E-state index is 0.463. The molecule has 0 aromatic carbocycles. The van der Waals surface area contributed by atoms with Gasteiger partial charge >= 0.3 is 0 Å². The zero-order chi connectivity index (χ0) is 11.4. The van der Waals surface area contributed by atoms with Crippen LogP contribution >= 0.6 is 11.5 Å². The first kappa shape index (κ1) is 11.8. The van der Waals surface area contributed by atoms with Crippen molar-refractivity contribution in [2.24, 2.45) is 0 Å². The lowest BCUT2D eigenvalue weighted by Crippen LogP contribution is -2.43. The van der Waals surface area contributed by atoms with Crippen LogP contribution in [0, 0.1) is 0 Å². The van der Waals surface area contributed by atoms with Crippen LogP contribution in [0.2, 0.25) is 0 Å². The van der Waals surface area contributed by atoms with Crippen molar-refractivity contribution < 1.29 is 4.74 Å². The Hall–Kier alpha value is -0.720. The van der Waals surface area contributed by atoms with Crippen LogP contribution in [0.4, 0.5) is 5.00 Å². The van der Waals surface area contributed by atoms with Crippen LogP contribution in [0.3, 0.4) is 0 Å². The van der Waals surface area contributed by atoms with E-state index in [0.717, 1.165) is 43.5 Å². The van der Waals surface area contributed by atoms with Crippen LogP contribution < -0.4 is 5.32 Å². The number of anilines is 1. The van der Waals surface area contributed by atoms with Gasteiger partial charge in [0.05, 0.1) is 13.2 Å². The lowest BCUT2D eigenvalue weighted by molar-refractivity contribution is -0.00482. The molecular formula is C10H18N4OS. The van der Waals surface area contributed by atoms with Crippen LogP contribution in [0.5, 0.6) is 0 Å². The average molecular weight is 242 g/mol. The molecule has 0 radical (unpaired) electrons. The molecule has 0 aliphatic carbocycles. The molecule has 0 saturated carbocycles. The molecule has 1 aliphatic rings. The van der Waals surface area contributed by atoms with Gasteiger partial charge in [-0.1, -0.05) is 4.49 Å². The van der Waals surface area contributed by atoms with Gasteiger partial charge in [0, 0.05) is 37.2 Å². The molecular weight excluding hydrogens is 224 g/mol. The quantitative estimate of drug-likeness (QED) is 0.859. The van der Waals surface area contributed by atoms with Crippen molar-refractivity contribution in [3.8, 4) is 0 Å². The van der Waals surface area contributed by atoms with Crippen molar-refractivity contribution in [2.75, 3.05) is 31.6 Å². The summed E-state index contributed by atoms with van der Waals surface area (Å²) in [5, 5.41) is 8.58. The Morgan fingerprint density at radius 1 is 1.62 bits per heavy atom. The van der Waals surface area contributed by atoms with Crippen molar-refractivity contribution in [3.63, 3.8) is 0 Å². The summed E-state index contributed by atoms with van der Waals surface area (Å²) in [7, 11) is 0. The van der Waals surface area contributed by atoms with E-state index in [2.05, 4.69) is 33.7 Å². The number of aromatic nitrogens is 2. The maximum atomic E-state index is 5.42. The molecule has 1 unspecified atom stereocenters. The number of ether oxygens (including phenoxy) is 1. The Labute approximate surface area is 100.0 Å². The second kappa shape index (κ2) is 5.56. The molecule has 90 valence electrons. The maximum absolute atomic E-state index is 5.42. The predicted octanol–water partition coefficient (Wildman–Crippen LogP) is 1.19. The number of rotatable bonds is 4. The second-order valence-electron chi connectivity index (χ2n) is 3.97. The third-order valence-corrected chi connectivity index (χ3v) is 3.48. The summed E-state index contributed by atoms with van der Waals surface area (Å²) in [6, 6.07) is 0.463. The molecule has 1 saturated heterocycles. The molecule has 2 heterocycles. The summed E-state index contributed by atoms with van der Waals surface area (Å²) in [4.78, 5) is 2.39. The minimum Gasteiger partial charge on any atom is -0.379 e. The molecule has 1 aromatic rings. The third-order valence-electron chi connectivity index (χ3n) is 2.75. The zero-order valence-electron chi connectivity index (χ0n) is 9.77. The SMILES string of the molecule is CCNc1snnc1CN1CCOCC1C. The zero-order valence-corrected chi connectivity index (χ0v) is 10.6. The van der Waals surface area contributed by atoms with E-state index in [1.807, 2.05) is 0 Å². The highest BCUT2D eigenvalue weighted by atomic mass is 32.1. The van der Waals surface area contributed by atoms with Crippen molar-refractivity contribution >= 4 is 16.5 Å². The molecule has 1 N–H and O–H groups in total. The van der Waals surface area contributed by atoms with E-state index in [1.54, 1.807) is 0 Å². The summed E-state index contributed by atoms with van der Waals surface area (Å²) in [5.74, 6) is 0. The summed E-state index contributed by atoms with van der Waals surface area (Å²) in [5.41, 5.74) is 1.06. The summed E-state index contributed by atoms with van der Waals surface area (Å²) in [6.07, 6.45) is 0. The Morgan fingerprint density at radius 2 is 2.50 bits per heavy atom. The molecule has 1 aromatic heterocycles. The molecule has 0 amide bonds. The normalized spacial score (nSPS) is 22.2. The lowest BCUT2D eigenvalue weighted by Gasteiger charge is -2.32. The molecule has 16 heavy (non-hydrogen) atoms. The predicted molar refractivity (Wildman–Crippen MR) is 64.8 cm³/mol. The van der Waals surface area contributed by atoms with E-state index in [4.69, 9.17) is 4.74 Å². The first-order valence-corrected chi connectivity index (χ1v) is 6.45. The van der Waals surface area contributed by atoms with Crippen LogP contribution in [0.1, 0.15) is 19.5 Å². The molecule has 0 spiro atoms. The molecule has 0 bridgehead atoms. The van der Waals surface area contributed by atoms with Crippen molar-refractivity contribution in [1.82, 2.24) is 14.5 Å². The Kier molecular flexibility index (Phi) is 4.09. The van der Waals surface area contributed by atoms with Gasteiger partial charge in [0.15, 0.2) is 0 Å². The van der Waals surface area contributed by atoms with E-state index in [-0.39, 0.29) is 0 Å². The van der Waals surface area contributed by atoms with Crippen molar-refractivity contribution in [2.45, 2.75) is 26.4 Å². The number of nitrogens with zero attached hydrogens (tertiary/aromatic N) is 3. The molecule has 1 fully saturated rings. The molecule has 6 heteroatoms. The van der Waals surface area contributed by atoms with Gasteiger partial charge in [0.2, 0.25) is 0 Å². The fraction of sp³-hybridized carbons (Fsp3) is 0.800. The first-order valence-electron chi connectivity index (χ1n) is 5.68. The summed E-state index contributed by atoms with van der Waals surface area (Å²) < 4.78 is 9.42. The van der Waals surface area contributed by atoms with Gasteiger partial charge in [0.25, 0.3) is 0 Å². The molecule has 1 atom stereocenters. The number of hydrogen-bond donors (Lipinski definition) is 1. The standard InChI is InChI=1S/C10H18N4OS/c1-3-11-10-9(12-13-16-10)6-14-4-5-15-7-8(14)2/h8,11H,3-7H2,1-2H3. The van der Waals surface area contributed by atoms with Gasteiger partial charge in [-0.3, -0.25) is 4.90 Å². The lowest BCUT2D eigenvalue weighted by atomic mass is 10.2. The van der Waals surface area contributed by atoms with Gasteiger partial charge in [-0.15, -0.1) is 5.10 Å². The van der Waals surface area contributed by atoms with Crippen LogP contribution in [-0.4, -0.2) is 46.8 Å². The Balaban J connectivity index is 1.99. The largest absolute Gasteiger partial charge is 0.379 e. The molecule has 5 nitrogen and oxygen atoms in total. The minimum atomic E-state index is 0.463. The van der Waals surface area contributed by atoms with E-state index >= 15 is 0 Å². The van der Waals surface area contributed by atoms with E-state index in [0.29, 0.717) is 6.04 Å². The first-order chi connectivity index (χ1) is 7.81. The smallest absolute Gasteiger partial charge is 0.134 e. The molecule has 1 aliphatic heterocycles. The van der Waals surface area contributed by atoms with Crippen molar-refractivity contribution in [3.05, 3.63) is 5.69 Å². The molecule has 2 rings (SSSR count). The van der Waals surface area contributed by atoms with Gasteiger partial charge in [-0.25, -0.2) is 0 Å². The van der Waals surface area contributed by atoms with Gasteiger partial charge < -0.3 is 10.1 Å². The number of nitrogens with one attached hydrogen (secondary N) is 1. The van der Waals surface area contributed by atoms with Crippen LogP contribution in [0.25, 0.3) is 0 Å². The van der Waals surface area contributed by atoms with Crippen LogP contribution in [0.15, 0.2) is 0 Å². The monoisotopic (exact) mass is 242 g/mol. The topological polar surface area (TPSA) is 50.3 Å². The summed E-state index contributed by atoms with van der Waals surface area (Å²) in [6.45, 7) is 8.66. The van der Waals surface area contributed by atoms with E-state index in [9.17, 15) is 0 Å². The Morgan fingerprint density at radius 3 is 3.25 bits per heavy atom. The average Bonchev–Trinajstić information content (AvgIpc) is 2.70. The van der Waals surface area contributed by atoms with Gasteiger partial charge in [-0.2, -0.15) is 0 Å². The maximum Gasteiger partial charge on any atom is 0.134 e. The second-order valence-corrected chi connectivity index (χ2v) is 4.73. The fourth-order valence-electron chi connectivity index (χ4n) is 1.80. The highest BCUT2D eigenvalue weighted by molar-refractivity contribution is 7.10. The van der Waals surface area contributed by atoms with Crippen molar-refractivity contribution in [1.29, 1.82) is 0 Å². The van der Waals surface area contributed by atoms with Gasteiger partial charge in [0.1, 0.15) is 10.7 Å². The van der Waals surface area contributed by atoms with E-state index in [1.165, 1.54) is 11.5 Å².